The van der Waals surface area contributed by atoms with E-state index < -0.39 is 0 Å². The number of hydrogen-bond acceptors (Lipinski definition) is 5. The smallest absolute Gasteiger partial charge is 0.276 e. The molecule has 3 aromatic rings. The molecule has 25 heavy (non-hydrogen) atoms. The van der Waals surface area contributed by atoms with Gasteiger partial charge in [-0.05, 0) is 12.1 Å². The van der Waals surface area contributed by atoms with Crippen molar-refractivity contribution in [3.05, 3.63) is 60.4 Å². The van der Waals surface area contributed by atoms with Crippen molar-refractivity contribution in [1.29, 1.82) is 0 Å². The van der Waals surface area contributed by atoms with Gasteiger partial charge in [0.15, 0.2) is 5.69 Å². The second-order valence-corrected chi connectivity index (χ2v) is 5.85. The van der Waals surface area contributed by atoms with Crippen LogP contribution >= 0.6 is 0 Å². The van der Waals surface area contributed by atoms with Gasteiger partial charge in [-0.3, -0.25) is 4.79 Å². The third-order valence-corrected chi connectivity index (χ3v) is 4.34. The standard InChI is InChI=1S/C18H18N6O/c25-18(17-16(20-22-21-17)14-6-2-1-3-7-14)24-12-10-23(11-13-24)15-8-4-5-9-19-15/h1-9H,10-13H2,(H,20,21,22). The van der Waals surface area contributed by atoms with Crippen molar-refractivity contribution < 1.29 is 4.79 Å². The van der Waals surface area contributed by atoms with E-state index in [-0.39, 0.29) is 5.91 Å². The average Bonchev–Trinajstić information content (AvgIpc) is 3.19. The summed E-state index contributed by atoms with van der Waals surface area (Å²) in [5, 5.41) is 10.8. The number of carbonyl (C=O) groups is 1. The number of nitrogens with zero attached hydrogens (tertiary/aromatic N) is 5. The zero-order valence-corrected chi connectivity index (χ0v) is 13.7. The molecule has 2 aromatic heterocycles. The van der Waals surface area contributed by atoms with Gasteiger partial charge < -0.3 is 9.80 Å². The molecular formula is C18H18N6O. The molecular weight excluding hydrogens is 316 g/mol. The summed E-state index contributed by atoms with van der Waals surface area (Å²) < 4.78 is 0. The molecule has 3 heterocycles. The minimum absolute atomic E-state index is 0.0896. The van der Waals surface area contributed by atoms with Crippen molar-refractivity contribution >= 4 is 11.7 Å². The fourth-order valence-electron chi connectivity index (χ4n) is 3.01. The molecule has 1 amide bonds. The molecule has 0 spiro atoms. The summed E-state index contributed by atoms with van der Waals surface area (Å²) in [5.41, 5.74) is 1.85. The fraction of sp³-hybridized carbons (Fsp3) is 0.222. The van der Waals surface area contributed by atoms with E-state index in [1.807, 2.05) is 53.4 Å². The van der Waals surface area contributed by atoms with Crippen LogP contribution in [0.5, 0.6) is 0 Å². The van der Waals surface area contributed by atoms with Crippen molar-refractivity contribution in [2.75, 3.05) is 31.1 Å². The Bertz CT molecular complexity index is 840. The Morgan fingerprint density at radius 1 is 0.920 bits per heavy atom. The van der Waals surface area contributed by atoms with Gasteiger partial charge in [0.1, 0.15) is 11.5 Å². The summed E-state index contributed by atoms with van der Waals surface area (Å²) >= 11 is 0. The number of benzene rings is 1. The number of anilines is 1. The highest BCUT2D eigenvalue weighted by molar-refractivity contribution is 5.98. The number of pyridine rings is 1. The Kier molecular flexibility index (Phi) is 4.12. The highest BCUT2D eigenvalue weighted by Crippen LogP contribution is 2.21. The minimum atomic E-state index is -0.0896. The zero-order chi connectivity index (χ0) is 17.1. The van der Waals surface area contributed by atoms with Gasteiger partial charge in [-0.15, -0.1) is 0 Å². The molecule has 0 saturated carbocycles. The van der Waals surface area contributed by atoms with E-state index in [4.69, 9.17) is 0 Å². The number of piperazine rings is 1. The summed E-state index contributed by atoms with van der Waals surface area (Å²) in [6.07, 6.45) is 1.79. The second-order valence-electron chi connectivity index (χ2n) is 5.85. The Morgan fingerprint density at radius 2 is 1.68 bits per heavy atom. The number of H-pyrrole nitrogens is 1. The van der Waals surface area contributed by atoms with E-state index in [1.165, 1.54) is 0 Å². The molecule has 1 N–H and O–H groups in total. The molecule has 1 aromatic carbocycles. The van der Waals surface area contributed by atoms with Crippen molar-refractivity contribution in [2.45, 2.75) is 0 Å². The number of aromatic amines is 1. The lowest BCUT2D eigenvalue weighted by Crippen LogP contribution is -2.49. The third kappa shape index (κ3) is 3.08. The summed E-state index contributed by atoms with van der Waals surface area (Å²) in [7, 11) is 0. The Labute approximate surface area is 145 Å². The maximum atomic E-state index is 12.9. The fourth-order valence-corrected chi connectivity index (χ4v) is 3.01. The Morgan fingerprint density at radius 3 is 2.40 bits per heavy atom. The maximum Gasteiger partial charge on any atom is 0.276 e. The predicted molar refractivity (Wildman–Crippen MR) is 94.2 cm³/mol. The summed E-state index contributed by atoms with van der Waals surface area (Å²) in [6, 6.07) is 15.5. The lowest BCUT2D eigenvalue weighted by Gasteiger charge is -2.35. The first kappa shape index (κ1) is 15.3. The number of amides is 1. The lowest BCUT2D eigenvalue weighted by atomic mass is 10.1. The molecule has 4 rings (SSSR count). The predicted octanol–water partition coefficient (Wildman–Crippen LogP) is 1.83. The van der Waals surface area contributed by atoms with Gasteiger partial charge in [-0.2, -0.15) is 15.4 Å². The second kappa shape index (κ2) is 6.72. The Hall–Kier alpha value is -3.22. The van der Waals surface area contributed by atoms with Crippen molar-refractivity contribution in [2.24, 2.45) is 0 Å². The van der Waals surface area contributed by atoms with E-state index >= 15 is 0 Å². The zero-order valence-electron chi connectivity index (χ0n) is 13.7. The van der Waals surface area contributed by atoms with Crippen molar-refractivity contribution in [1.82, 2.24) is 25.3 Å². The minimum Gasteiger partial charge on any atom is -0.353 e. The third-order valence-electron chi connectivity index (χ3n) is 4.34. The number of rotatable bonds is 3. The quantitative estimate of drug-likeness (QED) is 0.791. The Balaban J connectivity index is 1.48. The van der Waals surface area contributed by atoms with Crippen LogP contribution < -0.4 is 4.90 Å². The van der Waals surface area contributed by atoms with Crippen LogP contribution in [0.1, 0.15) is 10.5 Å². The van der Waals surface area contributed by atoms with Gasteiger partial charge in [0.2, 0.25) is 0 Å². The first-order valence-corrected chi connectivity index (χ1v) is 8.24. The van der Waals surface area contributed by atoms with Gasteiger partial charge in [0.25, 0.3) is 5.91 Å². The topological polar surface area (TPSA) is 78.0 Å². The summed E-state index contributed by atoms with van der Waals surface area (Å²) in [4.78, 5) is 21.2. The molecule has 0 aliphatic carbocycles. The van der Waals surface area contributed by atoms with Crippen molar-refractivity contribution in [3.8, 4) is 11.3 Å². The van der Waals surface area contributed by atoms with Crippen LogP contribution in [0.3, 0.4) is 0 Å². The van der Waals surface area contributed by atoms with Gasteiger partial charge in [-0.25, -0.2) is 4.98 Å². The SMILES string of the molecule is O=C(c1n[nH]nc1-c1ccccc1)N1CCN(c2ccccn2)CC1. The van der Waals surface area contributed by atoms with Crippen LogP contribution in [0, 0.1) is 0 Å². The van der Waals surface area contributed by atoms with Crippen LogP contribution in [0.4, 0.5) is 5.82 Å². The first-order valence-electron chi connectivity index (χ1n) is 8.24. The first-order chi connectivity index (χ1) is 12.3. The van der Waals surface area contributed by atoms with Gasteiger partial charge in [-0.1, -0.05) is 36.4 Å². The van der Waals surface area contributed by atoms with Crippen LogP contribution in [0.25, 0.3) is 11.3 Å². The van der Waals surface area contributed by atoms with Crippen LogP contribution in [0.2, 0.25) is 0 Å². The number of aromatic nitrogens is 4. The molecule has 7 nitrogen and oxygen atoms in total. The molecule has 1 aliphatic rings. The lowest BCUT2D eigenvalue weighted by molar-refractivity contribution is 0.0741. The van der Waals surface area contributed by atoms with E-state index in [0.29, 0.717) is 24.5 Å². The van der Waals surface area contributed by atoms with Gasteiger partial charge in [0, 0.05) is 37.9 Å². The molecule has 1 fully saturated rings. The monoisotopic (exact) mass is 334 g/mol. The van der Waals surface area contributed by atoms with E-state index in [1.54, 1.807) is 6.20 Å². The molecule has 0 radical (unpaired) electrons. The number of carbonyl (C=O) groups excluding carboxylic acids is 1. The van der Waals surface area contributed by atoms with Crippen LogP contribution in [-0.4, -0.2) is 57.4 Å². The van der Waals surface area contributed by atoms with E-state index in [9.17, 15) is 4.79 Å². The largest absolute Gasteiger partial charge is 0.353 e. The number of nitrogens with one attached hydrogen (secondary N) is 1. The van der Waals surface area contributed by atoms with E-state index in [0.717, 1.165) is 24.5 Å². The highest BCUT2D eigenvalue weighted by Gasteiger charge is 2.27. The van der Waals surface area contributed by atoms with Crippen LogP contribution in [-0.2, 0) is 0 Å². The molecule has 126 valence electrons. The molecule has 1 aliphatic heterocycles. The molecule has 1 saturated heterocycles. The molecule has 7 heteroatoms. The van der Waals surface area contributed by atoms with Gasteiger partial charge in [0.05, 0.1) is 0 Å². The van der Waals surface area contributed by atoms with E-state index in [2.05, 4.69) is 25.3 Å². The number of hydrogen-bond donors (Lipinski definition) is 1. The van der Waals surface area contributed by atoms with Crippen LogP contribution in [0.15, 0.2) is 54.7 Å². The normalized spacial score (nSPS) is 14.6. The van der Waals surface area contributed by atoms with Gasteiger partial charge >= 0.3 is 0 Å². The average molecular weight is 334 g/mol. The molecule has 0 unspecified atom stereocenters. The molecule has 0 atom stereocenters. The molecule has 0 bridgehead atoms. The summed E-state index contributed by atoms with van der Waals surface area (Å²) in [5.74, 6) is 0.856. The maximum absolute atomic E-state index is 12.9. The summed E-state index contributed by atoms with van der Waals surface area (Å²) in [6.45, 7) is 2.77. The van der Waals surface area contributed by atoms with Crippen molar-refractivity contribution in [3.63, 3.8) is 0 Å². The highest BCUT2D eigenvalue weighted by atomic mass is 16.2.